The largest absolute Gasteiger partial charge is 0.497 e. The number of nitrogens with zero attached hydrogens (tertiary/aromatic N) is 2. The summed E-state index contributed by atoms with van der Waals surface area (Å²) in [5, 5.41) is 5.48. The first-order valence-electron chi connectivity index (χ1n) is 9.80. The van der Waals surface area contributed by atoms with Gasteiger partial charge in [0.15, 0.2) is 0 Å². The van der Waals surface area contributed by atoms with E-state index in [0.717, 1.165) is 24.3 Å². The minimum Gasteiger partial charge on any atom is -0.497 e. The molecule has 1 aliphatic heterocycles. The van der Waals surface area contributed by atoms with Crippen LogP contribution in [0.4, 0.5) is 10.5 Å². The third-order valence-corrected chi connectivity index (χ3v) is 6.91. The second kappa shape index (κ2) is 10.5. The van der Waals surface area contributed by atoms with Crippen LogP contribution in [0.3, 0.4) is 0 Å². The lowest BCUT2D eigenvalue weighted by molar-refractivity contribution is 0.236. The highest BCUT2D eigenvalue weighted by molar-refractivity contribution is 7.89. The second-order valence-electron chi connectivity index (χ2n) is 6.81. The maximum absolute atomic E-state index is 12.5. The minimum atomic E-state index is -3.39. The van der Waals surface area contributed by atoms with Crippen molar-refractivity contribution < 1.29 is 17.9 Å². The van der Waals surface area contributed by atoms with E-state index in [1.165, 1.54) is 4.31 Å². The summed E-state index contributed by atoms with van der Waals surface area (Å²) < 4.78 is 31.8. The summed E-state index contributed by atoms with van der Waals surface area (Å²) in [5.74, 6) is 0.706. The minimum absolute atomic E-state index is 0.0914. The molecule has 9 heteroatoms. The van der Waals surface area contributed by atoms with Crippen LogP contribution in [-0.2, 0) is 10.0 Å². The first kappa shape index (κ1) is 22.3. The van der Waals surface area contributed by atoms with Crippen LogP contribution in [0.2, 0.25) is 0 Å². The van der Waals surface area contributed by atoms with Crippen molar-refractivity contribution in [2.75, 3.05) is 50.5 Å². The maximum Gasteiger partial charge on any atom is 0.315 e. The van der Waals surface area contributed by atoms with Crippen molar-refractivity contribution in [1.82, 2.24) is 14.9 Å². The molecule has 2 rings (SSSR count). The lowest BCUT2D eigenvalue weighted by Gasteiger charge is -2.35. The molecule has 0 bridgehead atoms. The summed E-state index contributed by atoms with van der Waals surface area (Å²) >= 11 is 0. The van der Waals surface area contributed by atoms with Crippen molar-refractivity contribution in [2.45, 2.75) is 32.7 Å². The van der Waals surface area contributed by atoms with Gasteiger partial charge in [0, 0.05) is 44.5 Å². The van der Waals surface area contributed by atoms with E-state index >= 15 is 0 Å². The van der Waals surface area contributed by atoms with Crippen LogP contribution in [0.5, 0.6) is 5.75 Å². The van der Waals surface area contributed by atoms with Gasteiger partial charge in [0.05, 0.1) is 12.9 Å². The molecule has 1 saturated heterocycles. The van der Waals surface area contributed by atoms with E-state index in [1.54, 1.807) is 7.11 Å². The van der Waals surface area contributed by atoms with Gasteiger partial charge in [-0.1, -0.05) is 13.8 Å². The zero-order valence-electron chi connectivity index (χ0n) is 17.0. The number of sulfonamides is 1. The van der Waals surface area contributed by atoms with Crippen LogP contribution in [0.15, 0.2) is 24.3 Å². The molecular weight excluding hydrogens is 380 g/mol. The van der Waals surface area contributed by atoms with E-state index in [2.05, 4.69) is 15.5 Å². The van der Waals surface area contributed by atoms with Gasteiger partial charge in [0.2, 0.25) is 10.0 Å². The zero-order valence-corrected chi connectivity index (χ0v) is 17.8. The number of anilines is 1. The number of nitrogens with one attached hydrogen (secondary N) is 2. The molecule has 1 aliphatic rings. The van der Waals surface area contributed by atoms with E-state index in [0.29, 0.717) is 26.2 Å². The quantitative estimate of drug-likeness (QED) is 0.643. The summed E-state index contributed by atoms with van der Waals surface area (Å²) in [5.41, 5.74) is 1.05. The number of benzene rings is 1. The molecule has 0 radical (unpaired) electrons. The average molecular weight is 413 g/mol. The van der Waals surface area contributed by atoms with Gasteiger partial charge in [-0.3, -0.25) is 0 Å². The summed E-state index contributed by atoms with van der Waals surface area (Å²) in [6.45, 7) is 6.26. The monoisotopic (exact) mass is 412 g/mol. The number of hydrogen-bond acceptors (Lipinski definition) is 5. The van der Waals surface area contributed by atoms with Gasteiger partial charge in [0.25, 0.3) is 0 Å². The molecule has 0 aromatic heterocycles. The van der Waals surface area contributed by atoms with Crippen LogP contribution in [0.1, 0.15) is 26.7 Å². The summed E-state index contributed by atoms with van der Waals surface area (Å²) in [6, 6.07) is 7.56. The smallest absolute Gasteiger partial charge is 0.315 e. The maximum atomic E-state index is 12.5. The standard InChI is InChI=1S/C19H32N4O4S/c1-4-16(5-2)21-19(24)20-10-15-28(25,26)23-13-11-22(12-14-23)17-6-8-18(27-3)9-7-17/h6-9,16H,4-5,10-15H2,1-3H3,(H2,20,21,24). The molecule has 1 aromatic rings. The van der Waals surface area contributed by atoms with Crippen LogP contribution < -0.4 is 20.3 Å². The summed E-state index contributed by atoms with van der Waals surface area (Å²) in [7, 11) is -1.76. The van der Waals surface area contributed by atoms with Crippen molar-refractivity contribution in [1.29, 1.82) is 0 Å². The Hall–Kier alpha value is -2.00. The number of piperazine rings is 1. The molecule has 158 valence electrons. The molecule has 0 unspecified atom stereocenters. The topological polar surface area (TPSA) is 91.0 Å². The fourth-order valence-electron chi connectivity index (χ4n) is 3.17. The van der Waals surface area contributed by atoms with Crippen molar-refractivity contribution in [3.8, 4) is 5.75 Å². The molecule has 0 aliphatic carbocycles. The van der Waals surface area contributed by atoms with Gasteiger partial charge >= 0.3 is 6.03 Å². The summed E-state index contributed by atoms with van der Waals surface area (Å²) in [6.07, 6.45) is 1.70. The number of ether oxygens (including phenoxy) is 1. The molecule has 1 aromatic carbocycles. The predicted octanol–water partition coefficient (Wildman–Crippen LogP) is 1.63. The van der Waals surface area contributed by atoms with E-state index in [9.17, 15) is 13.2 Å². The predicted molar refractivity (Wildman–Crippen MR) is 111 cm³/mol. The Labute approximate surface area is 168 Å². The highest BCUT2D eigenvalue weighted by Crippen LogP contribution is 2.21. The number of urea groups is 1. The van der Waals surface area contributed by atoms with Crippen LogP contribution in [-0.4, -0.2) is 70.4 Å². The molecule has 0 saturated carbocycles. The molecular formula is C19H32N4O4S. The number of methoxy groups -OCH3 is 1. The number of hydrogen-bond donors (Lipinski definition) is 2. The Morgan fingerprint density at radius 3 is 2.25 bits per heavy atom. The Morgan fingerprint density at radius 2 is 1.71 bits per heavy atom. The fourth-order valence-corrected chi connectivity index (χ4v) is 4.51. The van der Waals surface area contributed by atoms with Crippen molar-refractivity contribution in [3.05, 3.63) is 24.3 Å². The molecule has 8 nitrogen and oxygen atoms in total. The zero-order chi connectivity index (χ0) is 20.6. The third kappa shape index (κ3) is 6.27. The van der Waals surface area contributed by atoms with Gasteiger partial charge < -0.3 is 20.3 Å². The first-order valence-corrected chi connectivity index (χ1v) is 11.4. The molecule has 0 spiro atoms. The van der Waals surface area contributed by atoms with Gasteiger partial charge in [-0.25, -0.2) is 13.2 Å². The number of carbonyl (C=O) groups is 1. The normalized spacial score (nSPS) is 15.5. The molecule has 0 atom stereocenters. The third-order valence-electron chi connectivity index (χ3n) is 5.04. The number of amides is 2. The fraction of sp³-hybridized carbons (Fsp3) is 0.632. The number of rotatable bonds is 9. The molecule has 2 N–H and O–H groups in total. The van der Waals surface area contributed by atoms with Gasteiger partial charge in [0.1, 0.15) is 5.75 Å². The molecule has 1 heterocycles. The Morgan fingerprint density at radius 1 is 1.11 bits per heavy atom. The van der Waals surface area contributed by atoms with Gasteiger partial charge in [-0.15, -0.1) is 0 Å². The average Bonchev–Trinajstić information content (AvgIpc) is 2.72. The van der Waals surface area contributed by atoms with Crippen LogP contribution >= 0.6 is 0 Å². The lowest BCUT2D eigenvalue weighted by atomic mass is 10.2. The summed E-state index contributed by atoms with van der Waals surface area (Å²) in [4.78, 5) is 14.0. The van der Waals surface area contributed by atoms with Crippen LogP contribution in [0, 0.1) is 0 Å². The van der Waals surface area contributed by atoms with Gasteiger partial charge in [-0.05, 0) is 37.1 Å². The van der Waals surface area contributed by atoms with Gasteiger partial charge in [-0.2, -0.15) is 4.31 Å². The van der Waals surface area contributed by atoms with Crippen LogP contribution in [0.25, 0.3) is 0 Å². The molecule has 1 fully saturated rings. The van der Waals surface area contributed by atoms with Crippen molar-refractivity contribution >= 4 is 21.7 Å². The SMILES string of the molecule is CCC(CC)NC(=O)NCCS(=O)(=O)N1CCN(c2ccc(OC)cc2)CC1. The van der Waals surface area contributed by atoms with E-state index < -0.39 is 10.0 Å². The van der Waals surface area contributed by atoms with Crippen molar-refractivity contribution in [3.63, 3.8) is 0 Å². The van der Waals surface area contributed by atoms with E-state index in [1.807, 2.05) is 38.1 Å². The number of carbonyl (C=O) groups excluding carboxylic acids is 1. The van der Waals surface area contributed by atoms with E-state index in [4.69, 9.17) is 4.74 Å². The second-order valence-corrected chi connectivity index (χ2v) is 8.90. The lowest BCUT2D eigenvalue weighted by Crippen LogP contribution is -2.50. The van der Waals surface area contributed by atoms with Crippen molar-refractivity contribution in [2.24, 2.45) is 0 Å². The first-order chi connectivity index (χ1) is 13.4. The Kier molecular flexibility index (Phi) is 8.37. The Balaban J connectivity index is 1.78. The molecule has 2 amide bonds. The Bertz CT molecular complexity index is 712. The highest BCUT2D eigenvalue weighted by atomic mass is 32.2. The van der Waals surface area contributed by atoms with E-state index in [-0.39, 0.29) is 24.4 Å². The molecule has 28 heavy (non-hydrogen) atoms. The highest BCUT2D eigenvalue weighted by Gasteiger charge is 2.27.